The summed E-state index contributed by atoms with van der Waals surface area (Å²) in [5.74, 6) is 1.84. The number of benzene rings is 1. The third kappa shape index (κ3) is 4.37. The number of aryl methyl sites for hydroxylation is 1. The minimum Gasteiger partial charge on any atom is -0.360 e. The fraction of sp³-hybridized carbons (Fsp3) is 0.412. The van der Waals surface area contributed by atoms with Crippen LogP contribution in [0.4, 0.5) is 0 Å². The van der Waals surface area contributed by atoms with E-state index in [0.717, 1.165) is 16.3 Å². The number of nitrogens with one attached hydrogen (secondary N) is 1. The van der Waals surface area contributed by atoms with Crippen LogP contribution in [-0.4, -0.2) is 17.1 Å². The van der Waals surface area contributed by atoms with Crippen molar-refractivity contribution in [2.75, 3.05) is 0 Å². The molecule has 0 saturated heterocycles. The topological polar surface area (TPSA) is 55.1 Å². The number of nitrogens with zero attached hydrogens (tertiary/aromatic N) is 1. The molecular weight excluding hydrogens is 296 g/mol. The van der Waals surface area contributed by atoms with Crippen LogP contribution in [0.1, 0.15) is 42.6 Å². The number of carbonyl (C=O) groups is 1. The molecule has 118 valence electrons. The predicted molar refractivity (Wildman–Crippen MR) is 89.0 cm³/mol. The molecule has 0 aliphatic rings. The molecule has 0 radical (unpaired) electrons. The Morgan fingerprint density at radius 2 is 2.05 bits per heavy atom. The Labute approximate surface area is 135 Å². The largest absolute Gasteiger partial charge is 0.360 e. The lowest BCUT2D eigenvalue weighted by Crippen LogP contribution is -2.36. The van der Waals surface area contributed by atoms with Crippen LogP contribution in [0, 0.1) is 12.8 Å². The molecule has 1 heterocycles. The van der Waals surface area contributed by atoms with Gasteiger partial charge in [-0.3, -0.25) is 4.79 Å². The summed E-state index contributed by atoms with van der Waals surface area (Å²) in [6, 6.07) is 9.70. The molecular formula is C17H22N2O2S. The Kier molecular flexibility index (Phi) is 5.66. The van der Waals surface area contributed by atoms with E-state index in [2.05, 4.69) is 24.3 Å². The fourth-order valence-electron chi connectivity index (χ4n) is 1.86. The zero-order valence-corrected chi connectivity index (χ0v) is 14.2. The third-order valence-corrected chi connectivity index (χ3v) is 4.63. The van der Waals surface area contributed by atoms with Gasteiger partial charge in [-0.2, -0.15) is 0 Å². The first-order valence-electron chi connectivity index (χ1n) is 7.42. The summed E-state index contributed by atoms with van der Waals surface area (Å²) in [5.41, 5.74) is 1.57. The van der Waals surface area contributed by atoms with Crippen LogP contribution in [0.3, 0.4) is 0 Å². The van der Waals surface area contributed by atoms with E-state index in [1.807, 2.05) is 44.2 Å². The van der Waals surface area contributed by atoms with Crippen LogP contribution < -0.4 is 5.32 Å². The molecule has 0 spiro atoms. The van der Waals surface area contributed by atoms with Gasteiger partial charge in [-0.1, -0.05) is 31.1 Å². The molecule has 4 nitrogen and oxygen atoms in total. The van der Waals surface area contributed by atoms with Crippen molar-refractivity contribution in [2.24, 2.45) is 5.92 Å². The number of aromatic nitrogens is 1. The maximum atomic E-state index is 12.4. The van der Waals surface area contributed by atoms with Crippen LogP contribution in [0.15, 0.2) is 39.8 Å². The van der Waals surface area contributed by atoms with Gasteiger partial charge in [0.1, 0.15) is 5.76 Å². The Hall–Kier alpha value is -1.75. The van der Waals surface area contributed by atoms with Crippen LogP contribution in [0.25, 0.3) is 0 Å². The Morgan fingerprint density at radius 1 is 1.32 bits per heavy atom. The van der Waals surface area contributed by atoms with Crippen molar-refractivity contribution in [3.05, 3.63) is 47.3 Å². The highest BCUT2D eigenvalue weighted by Crippen LogP contribution is 2.26. The minimum atomic E-state index is -0.0296. The summed E-state index contributed by atoms with van der Waals surface area (Å²) in [7, 11) is 0. The van der Waals surface area contributed by atoms with E-state index >= 15 is 0 Å². The predicted octanol–water partition coefficient (Wildman–Crippen LogP) is 4.05. The summed E-state index contributed by atoms with van der Waals surface area (Å²) >= 11 is 1.58. The van der Waals surface area contributed by atoms with Gasteiger partial charge in [0.05, 0.1) is 17.0 Å². The molecule has 0 bridgehead atoms. The summed E-state index contributed by atoms with van der Waals surface area (Å²) in [6.07, 6.45) is 0. The number of hydrogen-bond donors (Lipinski definition) is 1. The van der Waals surface area contributed by atoms with Crippen molar-refractivity contribution in [1.82, 2.24) is 10.5 Å². The van der Waals surface area contributed by atoms with Gasteiger partial charge in [0.15, 0.2) is 0 Å². The van der Waals surface area contributed by atoms with Crippen LogP contribution >= 0.6 is 11.8 Å². The maximum absolute atomic E-state index is 12.4. The minimum absolute atomic E-state index is 0.0296. The SMILES string of the molecule is Cc1cc(CSc2ccccc2C(=O)NC(C)C(C)C)on1. The van der Waals surface area contributed by atoms with Gasteiger partial charge in [-0.15, -0.1) is 11.8 Å². The first-order valence-corrected chi connectivity index (χ1v) is 8.41. The first-order chi connectivity index (χ1) is 10.5. The average Bonchev–Trinajstić information content (AvgIpc) is 2.90. The highest BCUT2D eigenvalue weighted by molar-refractivity contribution is 7.98. The molecule has 0 aliphatic carbocycles. The van der Waals surface area contributed by atoms with E-state index in [9.17, 15) is 4.79 Å². The second-order valence-electron chi connectivity index (χ2n) is 5.73. The van der Waals surface area contributed by atoms with Crippen LogP contribution in [0.5, 0.6) is 0 Å². The van der Waals surface area contributed by atoms with Gasteiger partial charge in [0, 0.05) is 17.0 Å². The molecule has 0 saturated carbocycles. The molecule has 1 unspecified atom stereocenters. The van der Waals surface area contributed by atoms with Crippen molar-refractivity contribution in [3.63, 3.8) is 0 Å². The van der Waals surface area contributed by atoms with Crippen molar-refractivity contribution >= 4 is 17.7 Å². The summed E-state index contributed by atoms with van der Waals surface area (Å²) in [4.78, 5) is 13.4. The van der Waals surface area contributed by atoms with Crippen LogP contribution in [0.2, 0.25) is 0 Å². The van der Waals surface area contributed by atoms with Crippen molar-refractivity contribution in [1.29, 1.82) is 0 Å². The van der Waals surface area contributed by atoms with E-state index in [0.29, 0.717) is 17.2 Å². The van der Waals surface area contributed by atoms with Gasteiger partial charge in [0.25, 0.3) is 5.91 Å². The molecule has 22 heavy (non-hydrogen) atoms. The number of amides is 1. The van der Waals surface area contributed by atoms with E-state index < -0.39 is 0 Å². The molecule has 1 atom stereocenters. The molecule has 1 N–H and O–H groups in total. The highest BCUT2D eigenvalue weighted by atomic mass is 32.2. The van der Waals surface area contributed by atoms with Gasteiger partial charge in [0.2, 0.25) is 0 Å². The second kappa shape index (κ2) is 7.49. The average molecular weight is 318 g/mol. The molecule has 5 heteroatoms. The van der Waals surface area contributed by atoms with E-state index in [1.54, 1.807) is 11.8 Å². The third-order valence-electron chi connectivity index (χ3n) is 3.54. The number of carbonyl (C=O) groups excluding carboxylic acids is 1. The quantitative estimate of drug-likeness (QED) is 0.816. The maximum Gasteiger partial charge on any atom is 0.252 e. The Morgan fingerprint density at radius 3 is 2.68 bits per heavy atom. The van der Waals surface area contributed by atoms with Crippen molar-refractivity contribution < 1.29 is 9.32 Å². The normalized spacial score (nSPS) is 12.4. The standard InChI is InChI=1S/C17H22N2O2S/c1-11(2)13(4)18-17(20)15-7-5-6-8-16(15)22-10-14-9-12(3)19-21-14/h5-9,11,13H,10H2,1-4H3,(H,18,20). The molecule has 2 aromatic rings. The Bertz CT molecular complexity index is 637. The first kappa shape index (κ1) is 16.6. The lowest BCUT2D eigenvalue weighted by molar-refractivity contribution is 0.0927. The smallest absolute Gasteiger partial charge is 0.252 e. The molecule has 1 amide bonds. The van der Waals surface area contributed by atoms with Gasteiger partial charge < -0.3 is 9.84 Å². The number of thioether (sulfide) groups is 1. The van der Waals surface area contributed by atoms with E-state index in [4.69, 9.17) is 4.52 Å². The number of rotatable bonds is 6. The lowest BCUT2D eigenvalue weighted by atomic mass is 10.1. The highest BCUT2D eigenvalue weighted by Gasteiger charge is 2.16. The monoisotopic (exact) mass is 318 g/mol. The summed E-state index contributed by atoms with van der Waals surface area (Å²) in [6.45, 7) is 8.11. The van der Waals surface area contributed by atoms with E-state index in [-0.39, 0.29) is 11.9 Å². The van der Waals surface area contributed by atoms with Gasteiger partial charge in [-0.25, -0.2) is 0 Å². The number of hydrogen-bond acceptors (Lipinski definition) is 4. The van der Waals surface area contributed by atoms with Crippen molar-refractivity contribution in [2.45, 2.75) is 44.4 Å². The second-order valence-corrected chi connectivity index (χ2v) is 6.74. The van der Waals surface area contributed by atoms with Gasteiger partial charge in [-0.05, 0) is 31.9 Å². The van der Waals surface area contributed by atoms with Crippen LogP contribution in [-0.2, 0) is 5.75 Å². The zero-order chi connectivity index (χ0) is 16.1. The van der Waals surface area contributed by atoms with E-state index in [1.165, 1.54) is 0 Å². The molecule has 1 aromatic carbocycles. The molecule has 2 rings (SSSR count). The molecule has 0 fully saturated rings. The lowest BCUT2D eigenvalue weighted by Gasteiger charge is -2.18. The fourth-order valence-corrected chi connectivity index (χ4v) is 2.79. The molecule has 1 aromatic heterocycles. The summed E-state index contributed by atoms with van der Waals surface area (Å²) in [5, 5.41) is 6.93. The molecule has 0 aliphatic heterocycles. The summed E-state index contributed by atoms with van der Waals surface area (Å²) < 4.78 is 5.21. The van der Waals surface area contributed by atoms with Crippen molar-refractivity contribution in [3.8, 4) is 0 Å². The zero-order valence-electron chi connectivity index (χ0n) is 13.4. The Balaban J connectivity index is 2.07. The van der Waals surface area contributed by atoms with Gasteiger partial charge >= 0.3 is 0 Å².